The predicted octanol–water partition coefficient (Wildman–Crippen LogP) is 2.83. The summed E-state index contributed by atoms with van der Waals surface area (Å²) in [5.41, 5.74) is 0.873. The number of rotatable bonds is 5. The first kappa shape index (κ1) is 15.3. The second-order valence-electron chi connectivity index (χ2n) is 4.73. The smallest absolute Gasteiger partial charge is 0.326 e. The number of hydrogen-bond donors (Lipinski definition) is 2. The van der Waals surface area contributed by atoms with Crippen LogP contribution in [0.25, 0.3) is 0 Å². The van der Waals surface area contributed by atoms with Gasteiger partial charge in [-0.15, -0.1) is 0 Å². The van der Waals surface area contributed by atoms with Gasteiger partial charge in [-0.2, -0.15) is 5.26 Å². The molecule has 0 saturated carbocycles. The summed E-state index contributed by atoms with van der Waals surface area (Å²) in [7, 11) is 0. The molecule has 0 aliphatic carbocycles. The van der Waals surface area contributed by atoms with Crippen LogP contribution in [0.4, 0.5) is 5.82 Å². The number of hydrogen-bond acceptors (Lipinski definition) is 4. The van der Waals surface area contributed by atoms with Crippen LogP contribution in [0, 0.1) is 24.2 Å². The molecule has 0 aliphatic heterocycles. The van der Waals surface area contributed by atoms with Gasteiger partial charge < -0.3 is 10.4 Å². The Bertz CT molecular complexity index is 523. The van der Waals surface area contributed by atoms with E-state index in [-0.39, 0.29) is 17.3 Å². The monoisotopic (exact) mass is 281 g/mol. The number of pyridine rings is 1. The van der Waals surface area contributed by atoms with Gasteiger partial charge in [-0.1, -0.05) is 25.4 Å². The molecule has 0 aromatic carbocycles. The van der Waals surface area contributed by atoms with Crippen molar-refractivity contribution in [3.8, 4) is 6.07 Å². The Kier molecular flexibility index (Phi) is 5.13. The van der Waals surface area contributed by atoms with Crippen LogP contribution in [0.5, 0.6) is 0 Å². The Labute approximate surface area is 117 Å². The van der Waals surface area contributed by atoms with E-state index in [9.17, 15) is 9.90 Å². The van der Waals surface area contributed by atoms with E-state index >= 15 is 0 Å². The summed E-state index contributed by atoms with van der Waals surface area (Å²) in [6, 6.07) is 1.22. The van der Waals surface area contributed by atoms with Crippen molar-refractivity contribution in [2.45, 2.75) is 33.2 Å². The number of aromatic nitrogens is 1. The average Bonchev–Trinajstić information content (AvgIpc) is 2.32. The second-order valence-corrected chi connectivity index (χ2v) is 5.14. The SMILES string of the molecule is Cc1c(Cl)cnc(NC(CC(C)C)C(=O)O)c1C#N. The summed E-state index contributed by atoms with van der Waals surface area (Å²) in [5, 5.41) is 21.5. The molecule has 0 spiro atoms. The summed E-state index contributed by atoms with van der Waals surface area (Å²) in [5.74, 6) is -0.489. The highest BCUT2D eigenvalue weighted by Gasteiger charge is 2.21. The fraction of sp³-hybridized carbons (Fsp3) is 0.462. The van der Waals surface area contributed by atoms with Crippen LogP contribution in [0.3, 0.4) is 0 Å². The molecule has 0 saturated heterocycles. The van der Waals surface area contributed by atoms with Crippen molar-refractivity contribution in [2.75, 3.05) is 5.32 Å². The Hall–Kier alpha value is -1.80. The number of halogens is 1. The largest absolute Gasteiger partial charge is 0.480 e. The molecule has 2 N–H and O–H groups in total. The quantitative estimate of drug-likeness (QED) is 0.867. The number of nitriles is 1. The van der Waals surface area contributed by atoms with Gasteiger partial charge in [-0.25, -0.2) is 9.78 Å². The lowest BCUT2D eigenvalue weighted by molar-refractivity contribution is -0.138. The number of nitrogens with zero attached hydrogens (tertiary/aromatic N) is 2. The van der Waals surface area contributed by atoms with Crippen molar-refractivity contribution in [3.05, 3.63) is 22.3 Å². The van der Waals surface area contributed by atoms with Crippen molar-refractivity contribution in [1.29, 1.82) is 5.26 Å². The molecule has 1 aromatic rings. The number of carbonyl (C=O) groups is 1. The van der Waals surface area contributed by atoms with Crippen molar-refractivity contribution >= 4 is 23.4 Å². The van der Waals surface area contributed by atoms with Crippen LogP contribution in [-0.2, 0) is 4.79 Å². The molecular formula is C13H16ClN3O2. The molecule has 19 heavy (non-hydrogen) atoms. The molecule has 1 unspecified atom stereocenters. The average molecular weight is 282 g/mol. The molecule has 0 fully saturated rings. The maximum absolute atomic E-state index is 11.2. The minimum Gasteiger partial charge on any atom is -0.480 e. The molecule has 1 rings (SSSR count). The zero-order valence-electron chi connectivity index (χ0n) is 11.1. The summed E-state index contributed by atoms with van der Waals surface area (Å²) in [6.45, 7) is 5.57. The Morgan fingerprint density at radius 1 is 1.63 bits per heavy atom. The van der Waals surface area contributed by atoms with Gasteiger partial charge in [0.05, 0.1) is 10.6 Å². The van der Waals surface area contributed by atoms with E-state index in [1.54, 1.807) is 6.92 Å². The molecule has 1 heterocycles. The zero-order chi connectivity index (χ0) is 14.6. The summed E-state index contributed by atoms with van der Waals surface area (Å²) in [6.07, 6.45) is 1.86. The molecule has 0 radical (unpaired) electrons. The zero-order valence-corrected chi connectivity index (χ0v) is 11.8. The van der Waals surface area contributed by atoms with Crippen LogP contribution in [0.15, 0.2) is 6.20 Å². The number of aliphatic carboxylic acids is 1. The van der Waals surface area contributed by atoms with Gasteiger partial charge in [-0.05, 0) is 24.8 Å². The molecule has 6 heteroatoms. The van der Waals surface area contributed by atoms with Gasteiger partial charge in [0, 0.05) is 6.20 Å². The normalized spacial score (nSPS) is 12.0. The van der Waals surface area contributed by atoms with E-state index in [4.69, 9.17) is 16.9 Å². The van der Waals surface area contributed by atoms with E-state index in [2.05, 4.69) is 10.3 Å². The Morgan fingerprint density at radius 3 is 2.74 bits per heavy atom. The predicted molar refractivity (Wildman–Crippen MR) is 73.2 cm³/mol. The van der Waals surface area contributed by atoms with Gasteiger partial charge in [0.15, 0.2) is 0 Å². The van der Waals surface area contributed by atoms with Crippen molar-refractivity contribution in [3.63, 3.8) is 0 Å². The second kappa shape index (κ2) is 6.39. The molecule has 5 nitrogen and oxygen atoms in total. The molecular weight excluding hydrogens is 266 g/mol. The summed E-state index contributed by atoms with van der Waals surface area (Å²) >= 11 is 5.89. The fourth-order valence-corrected chi connectivity index (χ4v) is 1.83. The molecule has 0 aliphatic rings. The van der Waals surface area contributed by atoms with E-state index in [0.29, 0.717) is 17.0 Å². The Balaban J connectivity index is 3.07. The molecule has 0 bridgehead atoms. The number of carboxylic acids is 1. The van der Waals surface area contributed by atoms with E-state index in [0.717, 1.165) is 0 Å². The lowest BCUT2D eigenvalue weighted by atomic mass is 10.0. The summed E-state index contributed by atoms with van der Waals surface area (Å²) in [4.78, 5) is 15.2. The van der Waals surface area contributed by atoms with E-state index in [1.165, 1.54) is 6.20 Å². The lowest BCUT2D eigenvalue weighted by Gasteiger charge is -2.18. The number of nitrogens with one attached hydrogen (secondary N) is 1. The first-order valence-corrected chi connectivity index (χ1v) is 6.29. The first-order chi connectivity index (χ1) is 8.86. The van der Waals surface area contributed by atoms with Crippen LogP contribution in [-0.4, -0.2) is 22.1 Å². The Morgan fingerprint density at radius 2 is 2.26 bits per heavy atom. The third-order valence-electron chi connectivity index (χ3n) is 2.70. The minimum atomic E-state index is -0.966. The first-order valence-electron chi connectivity index (χ1n) is 5.91. The number of carboxylic acid groups (broad SMARTS) is 1. The fourth-order valence-electron chi connectivity index (χ4n) is 1.68. The van der Waals surface area contributed by atoms with E-state index in [1.807, 2.05) is 19.9 Å². The van der Waals surface area contributed by atoms with Crippen LogP contribution >= 0.6 is 11.6 Å². The molecule has 0 amide bonds. The van der Waals surface area contributed by atoms with Crippen molar-refractivity contribution in [1.82, 2.24) is 4.98 Å². The molecule has 102 valence electrons. The van der Waals surface area contributed by atoms with Crippen LogP contribution in [0.2, 0.25) is 5.02 Å². The third-order valence-corrected chi connectivity index (χ3v) is 3.09. The standard InChI is InChI=1S/C13H16ClN3O2/c1-7(2)4-11(13(18)19)17-12-9(5-15)8(3)10(14)6-16-12/h6-7,11H,4H2,1-3H3,(H,16,17)(H,18,19). The van der Waals surface area contributed by atoms with Crippen molar-refractivity contribution in [2.24, 2.45) is 5.92 Å². The van der Waals surface area contributed by atoms with Gasteiger partial charge in [-0.3, -0.25) is 0 Å². The van der Waals surface area contributed by atoms with Crippen LogP contribution < -0.4 is 5.32 Å². The molecule has 1 atom stereocenters. The highest BCUT2D eigenvalue weighted by atomic mass is 35.5. The van der Waals surface area contributed by atoms with Gasteiger partial charge in [0.2, 0.25) is 0 Å². The third kappa shape index (κ3) is 3.83. The van der Waals surface area contributed by atoms with Gasteiger partial charge in [0.25, 0.3) is 0 Å². The van der Waals surface area contributed by atoms with Crippen molar-refractivity contribution < 1.29 is 9.90 Å². The number of anilines is 1. The summed E-state index contributed by atoms with van der Waals surface area (Å²) < 4.78 is 0. The molecule has 1 aromatic heterocycles. The maximum atomic E-state index is 11.2. The lowest BCUT2D eigenvalue weighted by Crippen LogP contribution is -2.31. The van der Waals surface area contributed by atoms with Gasteiger partial charge in [0.1, 0.15) is 17.9 Å². The van der Waals surface area contributed by atoms with Gasteiger partial charge >= 0.3 is 5.97 Å². The maximum Gasteiger partial charge on any atom is 0.326 e. The highest BCUT2D eigenvalue weighted by Crippen LogP contribution is 2.24. The topological polar surface area (TPSA) is 86.0 Å². The van der Waals surface area contributed by atoms with E-state index < -0.39 is 12.0 Å². The highest BCUT2D eigenvalue weighted by molar-refractivity contribution is 6.31. The minimum absolute atomic E-state index is 0.215. The van der Waals surface area contributed by atoms with Crippen LogP contribution in [0.1, 0.15) is 31.4 Å².